The standard InChI is InChI=1S/C16H19FN2O/c1-11-2-5-13(17)8-15(11)20-10-16(9-18,12-3-4-12)19-14-6-7-14/h2,5,8,12,14,19H,3-4,6-7,10H2,1H3. The maximum Gasteiger partial charge on any atom is 0.144 e. The topological polar surface area (TPSA) is 45.0 Å². The van der Waals surface area contributed by atoms with Gasteiger partial charge in [-0.1, -0.05) is 6.07 Å². The van der Waals surface area contributed by atoms with Crippen molar-refractivity contribution in [3.8, 4) is 11.8 Å². The van der Waals surface area contributed by atoms with Crippen molar-refractivity contribution in [3.05, 3.63) is 29.6 Å². The average molecular weight is 274 g/mol. The normalized spacial score (nSPS) is 21.1. The van der Waals surface area contributed by atoms with Gasteiger partial charge < -0.3 is 4.74 Å². The maximum absolute atomic E-state index is 13.3. The molecule has 1 aromatic carbocycles. The molecule has 3 rings (SSSR count). The number of nitrogens with one attached hydrogen (secondary N) is 1. The molecule has 0 bridgehead atoms. The van der Waals surface area contributed by atoms with Gasteiger partial charge in [0.05, 0.1) is 6.07 Å². The van der Waals surface area contributed by atoms with Gasteiger partial charge in [-0.3, -0.25) is 5.32 Å². The summed E-state index contributed by atoms with van der Waals surface area (Å²) < 4.78 is 19.1. The van der Waals surface area contributed by atoms with Crippen molar-refractivity contribution >= 4 is 0 Å². The lowest BCUT2D eigenvalue weighted by Crippen LogP contribution is -2.52. The molecule has 0 aliphatic heterocycles. The molecular weight excluding hydrogens is 255 g/mol. The highest BCUT2D eigenvalue weighted by Crippen LogP contribution is 2.41. The molecule has 1 N–H and O–H groups in total. The minimum absolute atomic E-state index is 0.287. The van der Waals surface area contributed by atoms with Crippen molar-refractivity contribution in [1.29, 1.82) is 5.26 Å². The summed E-state index contributed by atoms with van der Waals surface area (Å²) in [4.78, 5) is 0. The summed E-state index contributed by atoms with van der Waals surface area (Å²) in [7, 11) is 0. The van der Waals surface area contributed by atoms with Gasteiger partial charge in [-0.05, 0) is 50.2 Å². The zero-order valence-corrected chi connectivity index (χ0v) is 11.7. The van der Waals surface area contributed by atoms with E-state index in [9.17, 15) is 9.65 Å². The van der Waals surface area contributed by atoms with Crippen LogP contribution in [0.3, 0.4) is 0 Å². The van der Waals surface area contributed by atoms with Crippen molar-refractivity contribution in [2.24, 2.45) is 5.92 Å². The molecule has 2 saturated carbocycles. The van der Waals surface area contributed by atoms with E-state index in [0.717, 1.165) is 31.2 Å². The van der Waals surface area contributed by atoms with Crippen LogP contribution in [0.2, 0.25) is 0 Å². The highest BCUT2D eigenvalue weighted by molar-refractivity contribution is 5.33. The first-order valence-electron chi connectivity index (χ1n) is 7.21. The fourth-order valence-electron chi connectivity index (χ4n) is 2.52. The van der Waals surface area contributed by atoms with Crippen LogP contribution in [0.1, 0.15) is 31.2 Å². The van der Waals surface area contributed by atoms with Crippen molar-refractivity contribution < 1.29 is 9.13 Å². The monoisotopic (exact) mass is 274 g/mol. The van der Waals surface area contributed by atoms with E-state index in [1.54, 1.807) is 6.07 Å². The van der Waals surface area contributed by atoms with E-state index in [1.807, 2.05) is 6.92 Å². The third-order valence-corrected chi connectivity index (χ3v) is 4.12. The van der Waals surface area contributed by atoms with Crippen molar-refractivity contribution in [2.45, 2.75) is 44.2 Å². The smallest absolute Gasteiger partial charge is 0.144 e. The van der Waals surface area contributed by atoms with Crippen LogP contribution in [0.4, 0.5) is 4.39 Å². The molecule has 0 spiro atoms. The van der Waals surface area contributed by atoms with E-state index in [0.29, 0.717) is 17.7 Å². The van der Waals surface area contributed by atoms with Crippen LogP contribution < -0.4 is 10.1 Å². The number of rotatable bonds is 6. The quantitative estimate of drug-likeness (QED) is 0.867. The Kier molecular flexibility index (Phi) is 3.39. The third kappa shape index (κ3) is 2.78. The summed E-state index contributed by atoms with van der Waals surface area (Å²) in [5.74, 6) is 0.583. The highest BCUT2D eigenvalue weighted by atomic mass is 19.1. The van der Waals surface area contributed by atoms with Crippen LogP contribution in [0.25, 0.3) is 0 Å². The summed E-state index contributed by atoms with van der Waals surface area (Å²) in [6, 6.07) is 7.38. The maximum atomic E-state index is 13.3. The second-order valence-electron chi connectivity index (χ2n) is 5.97. The van der Waals surface area contributed by atoms with Crippen molar-refractivity contribution in [3.63, 3.8) is 0 Å². The lowest BCUT2D eigenvalue weighted by atomic mass is 9.96. The van der Waals surface area contributed by atoms with Crippen LogP contribution in [0.15, 0.2) is 18.2 Å². The Morgan fingerprint density at radius 2 is 2.15 bits per heavy atom. The fourth-order valence-corrected chi connectivity index (χ4v) is 2.52. The minimum Gasteiger partial charge on any atom is -0.490 e. The van der Waals surface area contributed by atoms with E-state index in [-0.39, 0.29) is 12.4 Å². The molecule has 2 aliphatic carbocycles. The number of benzene rings is 1. The summed E-state index contributed by atoms with van der Waals surface area (Å²) in [6.07, 6.45) is 4.40. The molecule has 4 heteroatoms. The lowest BCUT2D eigenvalue weighted by Gasteiger charge is -2.28. The molecule has 3 nitrogen and oxygen atoms in total. The summed E-state index contributed by atoms with van der Waals surface area (Å²) in [5, 5.41) is 13.0. The van der Waals surface area contributed by atoms with E-state index >= 15 is 0 Å². The molecule has 0 saturated heterocycles. The second-order valence-corrected chi connectivity index (χ2v) is 5.97. The number of nitrogens with zero attached hydrogens (tertiary/aromatic N) is 1. The number of halogens is 1. The zero-order valence-electron chi connectivity index (χ0n) is 11.7. The average Bonchev–Trinajstić information content (AvgIpc) is 3.30. The SMILES string of the molecule is Cc1ccc(F)cc1OCC(C#N)(NC1CC1)C1CC1. The Labute approximate surface area is 118 Å². The third-order valence-electron chi connectivity index (χ3n) is 4.12. The summed E-state index contributed by atoms with van der Waals surface area (Å²) >= 11 is 0. The van der Waals surface area contributed by atoms with E-state index in [2.05, 4.69) is 11.4 Å². The molecule has 2 fully saturated rings. The van der Waals surface area contributed by atoms with Gasteiger partial charge in [0.15, 0.2) is 0 Å². The van der Waals surface area contributed by atoms with Crippen LogP contribution in [0, 0.1) is 30.0 Å². The van der Waals surface area contributed by atoms with Crippen LogP contribution in [-0.4, -0.2) is 18.2 Å². The molecule has 1 atom stereocenters. The predicted molar refractivity (Wildman–Crippen MR) is 73.9 cm³/mol. The number of hydrogen-bond donors (Lipinski definition) is 1. The Bertz CT molecular complexity index is 546. The Hall–Kier alpha value is -1.60. The van der Waals surface area contributed by atoms with Gasteiger partial charge in [-0.2, -0.15) is 5.26 Å². The first kappa shape index (κ1) is 13.4. The molecule has 0 amide bonds. The van der Waals surface area contributed by atoms with Gasteiger partial charge >= 0.3 is 0 Å². The molecule has 106 valence electrons. The largest absolute Gasteiger partial charge is 0.490 e. The number of nitriles is 1. The van der Waals surface area contributed by atoms with Gasteiger partial charge in [0.1, 0.15) is 23.7 Å². The van der Waals surface area contributed by atoms with Crippen LogP contribution in [0.5, 0.6) is 5.75 Å². The van der Waals surface area contributed by atoms with Crippen molar-refractivity contribution in [2.75, 3.05) is 6.61 Å². The van der Waals surface area contributed by atoms with E-state index < -0.39 is 5.54 Å². The lowest BCUT2D eigenvalue weighted by molar-refractivity contribution is 0.199. The van der Waals surface area contributed by atoms with Gasteiger partial charge in [0.25, 0.3) is 0 Å². The molecule has 1 unspecified atom stereocenters. The molecule has 2 aliphatic rings. The summed E-state index contributed by atoms with van der Waals surface area (Å²) in [5.41, 5.74) is 0.278. The number of hydrogen-bond acceptors (Lipinski definition) is 3. The van der Waals surface area contributed by atoms with Gasteiger partial charge in [0, 0.05) is 12.1 Å². The molecular formula is C16H19FN2O. The minimum atomic E-state index is -0.611. The molecule has 0 aromatic heterocycles. The number of ether oxygens (including phenoxy) is 1. The van der Waals surface area contributed by atoms with Gasteiger partial charge in [0.2, 0.25) is 0 Å². The predicted octanol–water partition coefficient (Wildman–Crippen LogP) is 2.94. The van der Waals surface area contributed by atoms with Gasteiger partial charge in [-0.15, -0.1) is 0 Å². The fraction of sp³-hybridized carbons (Fsp3) is 0.562. The zero-order chi connectivity index (χ0) is 14.2. The van der Waals surface area contributed by atoms with Crippen LogP contribution >= 0.6 is 0 Å². The first-order chi connectivity index (χ1) is 9.63. The first-order valence-corrected chi connectivity index (χ1v) is 7.21. The van der Waals surface area contributed by atoms with E-state index in [4.69, 9.17) is 4.74 Å². The molecule has 20 heavy (non-hydrogen) atoms. The highest BCUT2D eigenvalue weighted by Gasteiger charge is 2.49. The molecule has 1 aromatic rings. The Morgan fingerprint density at radius 1 is 1.40 bits per heavy atom. The summed E-state index contributed by atoms with van der Waals surface area (Å²) in [6.45, 7) is 2.17. The number of aryl methyl sites for hydroxylation is 1. The molecule has 0 heterocycles. The Morgan fingerprint density at radius 3 is 2.75 bits per heavy atom. The molecule has 0 radical (unpaired) electrons. The van der Waals surface area contributed by atoms with Crippen LogP contribution in [-0.2, 0) is 0 Å². The van der Waals surface area contributed by atoms with E-state index in [1.165, 1.54) is 12.1 Å². The Balaban J connectivity index is 1.73. The van der Waals surface area contributed by atoms with Gasteiger partial charge in [-0.25, -0.2) is 4.39 Å². The second kappa shape index (κ2) is 5.06. The van der Waals surface area contributed by atoms with Crippen molar-refractivity contribution in [1.82, 2.24) is 5.32 Å².